The quantitative estimate of drug-likeness (QED) is 0.848. The van der Waals surface area contributed by atoms with Gasteiger partial charge in [-0.25, -0.2) is 4.98 Å². The molecule has 1 aromatic carbocycles. The van der Waals surface area contributed by atoms with Crippen LogP contribution in [-0.2, 0) is 6.54 Å². The lowest BCUT2D eigenvalue weighted by molar-refractivity contribution is 0.418. The molecular formula is C16H22N2OS. The third kappa shape index (κ3) is 3.87. The number of benzene rings is 1. The topological polar surface area (TPSA) is 34.1 Å². The fraction of sp³-hybridized carbons (Fsp3) is 0.438. The minimum Gasteiger partial charge on any atom is -0.494 e. The Kier molecular flexibility index (Phi) is 5.68. The first-order valence-corrected chi connectivity index (χ1v) is 8.26. The molecule has 1 aromatic heterocycles. The number of fused-ring (bicyclic) bond motifs is 1. The van der Waals surface area contributed by atoms with Crippen LogP contribution in [0.3, 0.4) is 0 Å². The number of ether oxygens (including phenoxy) is 1. The van der Waals surface area contributed by atoms with Crippen molar-refractivity contribution in [2.75, 3.05) is 25.7 Å². The number of hydrogen-bond acceptors (Lipinski definition) is 4. The molecule has 0 spiro atoms. The Balaban J connectivity index is 2.04. The van der Waals surface area contributed by atoms with Gasteiger partial charge in [0.2, 0.25) is 0 Å². The maximum absolute atomic E-state index is 5.37. The van der Waals surface area contributed by atoms with Crippen molar-refractivity contribution < 1.29 is 4.74 Å². The monoisotopic (exact) mass is 290 g/mol. The van der Waals surface area contributed by atoms with E-state index < -0.39 is 0 Å². The van der Waals surface area contributed by atoms with Crippen LogP contribution in [0.2, 0.25) is 0 Å². The minimum absolute atomic E-state index is 0.681. The maximum Gasteiger partial charge on any atom is 0.145 e. The number of para-hydroxylation sites is 1. The van der Waals surface area contributed by atoms with E-state index >= 15 is 0 Å². The molecular weight excluding hydrogens is 268 g/mol. The first kappa shape index (κ1) is 15.1. The van der Waals surface area contributed by atoms with Crippen LogP contribution in [0, 0.1) is 5.92 Å². The molecule has 20 heavy (non-hydrogen) atoms. The van der Waals surface area contributed by atoms with Crippen molar-refractivity contribution in [3.05, 3.63) is 36.0 Å². The highest BCUT2D eigenvalue weighted by atomic mass is 32.2. The molecule has 4 heteroatoms. The van der Waals surface area contributed by atoms with Gasteiger partial charge in [0.15, 0.2) is 0 Å². The van der Waals surface area contributed by atoms with Gasteiger partial charge < -0.3 is 10.1 Å². The van der Waals surface area contributed by atoms with E-state index in [1.54, 1.807) is 7.11 Å². The maximum atomic E-state index is 5.37. The molecule has 2 aromatic rings. The second-order valence-corrected chi connectivity index (χ2v) is 5.94. The van der Waals surface area contributed by atoms with Crippen molar-refractivity contribution >= 4 is 22.7 Å². The molecule has 0 saturated carbocycles. The summed E-state index contributed by atoms with van der Waals surface area (Å²) in [4.78, 5) is 4.70. The molecule has 0 saturated heterocycles. The Labute approximate surface area is 125 Å². The lowest BCUT2D eigenvalue weighted by Gasteiger charge is -2.11. The molecule has 108 valence electrons. The predicted molar refractivity (Wildman–Crippen MR) is 87.5 cm³/mol. The van der Waals surface area contributed by atoms with E-state index in [0.29, 0.717) is 5.92 Å². The summed E-state index contributed by atoms with van der Waals surface area (Å²) < 4.78 is 5.37. The van der Waals surface area contributed by atoms with Gasteiger partial charge in [0.25, 0.3) is 0 Å². The molecule has 0 fully saturated rings. The van der Waals surface area contributed by atoms with Crippen molar-refractivity contribution in [2.24, 2.45) is 5.92 Å². The second kappa shape index (κ2) is 7.50. The molecule has 2 rings (SSSR count). The lowest BCUT2D eigenvalue weighted by atomic mass is 10.2. The molecule has 1 N–H and O–H groups in total. The van der Waals surface area contributed by atoms with Crippen molar-refractivity contribution in [3.63, 3.8) is 0 Å². The van der Waals surface area contributed by atoms with Crippen LogP contribution in [0.5, 0.6) is 5.75 Å². The molecule has 0 aliphatic rings. The fourth-order valence-electron chi connectivity index (χ4n) is 2.21. The minimum atomic E-state index is 0.681. The molecule has 1 atom stereocenters. The van der Waals surface area contributed by atoms with E-state index in [9.17, 15) is 0 Å². The van der Waals surface area contributed by atoms with E-state index in [4.69, 9.17) is 9.72 Å². The molecule has 3 nitrogen and oxygen atoms in total. The van der Waals surface area contributed by atoms with Crippen LogP contribution in [0.1, 0.15) is 12.6 Å². The molecule has 0 bridgehead atoms. The highest BCUT2D eigenvalue weighted by Gasteiger charge is 2.05. The number of thioether (sulfide) groups is 1. The summed E-state index contributed by atoms with van der Waals surface area (Å²) >= 11 is 1.89. The molecule has 0 aliphatic carbocycles. The first-order chi connectivity index (χ1) is 9.74. The van der Waals surface area contributed by atoms with E-state index in [2.05, 4.69) is 36.7 Å². The Bertz CT molecular complexity index is 559. The van der Waals surface area contributed by atoms with Gasteiger partial charge in [-0.1, -0.05) is 25.1 Å². The Morgan fingerprint density at radius 3 is 2.90 bits per heavy atom. The number of methoxy groups -OCH3 is 1. The summed E-state index contributed by atoms with van der Waals surface area (Å²) in [6, 6.07) is 10.2. The van der Waals surface area contributed by atoms with Gasteiger partial charge in [0.1, 0.15) is 11.3 Å². The van der Waals surface area contributed by atoms with Crippen LogP contribution in [0.15, 0.2) is 30.3 Å². The fourth-order valence-corrected chi connectivity index (χ4v) is 2.90. The van der Waals surface area contributed by atoms with Crippen molar-refractivity contribution in [3.8, 4) is 5.75 Å². The highest BCUT2D eigenvalue weighted by Crippen LogP contribution is 2.23. The number of rotatable bonds is 7. The average molecular weight is 290 g/mol. The number of hydrogen-bond donors (Lipinski definition) is 1. The summed E-state index contributed by atoms with van der Waals surface area (Å²) in [6.07, 6.45) is 2.15. The summed E-state index contributed by atoms with van der Waals surface area (Å²) in [5, 5.41) is 4.59. The summed E-state index contributed by atoms with van der Waals surface area (Å²) in [5.74, 6) is 2.70. The zero-order chi connectivity index (χ0) is 14.4. The van der Waals surface area contributed by atoms with Crippen molar-refractivity contribution in [2.45, 2.75) is 13.5 Å². The second-order valence-electron chi connectivity index (χ2n) is 5.03. The molecule has 1 unspecified atom stereocenters. The number of pyridine rings is 1. The molecule has 0 amide bonds. The normalized spacial score (nSPS) is 12.6. The van der Waals surface area contributed by atoms with Gasteiger partial charge in [-0.05, 0) is 36.6 Å². The Hall–Kier alpha value is -1.26. The number of nitrogens with one attached hydrogen (secondary N) is 1. The highest BCUT2D eigenvalue weighted by molar-refractivity contribution is 7.98. The van der Waals surface area contributed by atoms with Crippen molar-refractivity contribution in [1.82, 2.24) is 10.3 Å². The SMILES string of the molecule is COc1cccc2ccc(CNCC(C)CSC)nc12. The molecule has 0 aliphatic heterocycles. The van der Waals surface area contributed by atoms with Gasteiger partial charge in [0, 0.05) is 11.9 Å². The average Bonchev–Trinajstić information content (AvgIpc) is 2.47. The zero-order valence-corrected chi connectivity index (χ0v) is 13.2. The third-order valence-corrected chi connectivity index (χ3v) is 4.11. The van der Waals surface area contributed by atoms with Gasteiger partial charge >= 0.3 is 0 Å². The lowest BCUT2D eigenvalue weighted by Crippen LogP contribution is -2.22. The van der Waals surface area contributed by atoms with Crippen LogP contribution in [-0.4, -0.2) is 30.6 Å². The smallest absolute Gasteiger partial charge is 0.145 e. The van der Waals surface area contributed by atoms with Crippen LogP contribution < -0.4 is 10.1 Å². The number of aromatic nitrogens is 1. The van der Waals surface area contributed by atoms with Gasteiger partial charge in [-0.3, -0.25) is 0 Å². The van der Waals surface area contributed by atoms with Crippen LogP contribution in [0.4, 0.5) is 0 Å². The molecule has 0 radical (unpaired) electrons. The van der Waals surface area contributed by atoms with Crippen LogP contribution in [0.25, 0.3) is 10.9 Å². The Morgan fingerprint density at radius 1 is 1.30 bits per heavy atom. The van der Waals surface area contributed by atoms with Gasteiger partial charge in [0.05, 0.1) is 12.8 Å². The van der Waals surface area contributed by atoms with E-state index in [-0.39, 0.29) is 0 Å². The van der Waals surface area contributed by atoms with E-state index in [1.165, 1.54) is 5.75 Å². The van der Waals surface area contributed by atoms with Gasteiger partial charge in [-0.2, -0.15) is 11.8 Å². The largest absolute Gasteiger partial charge is 0.494 e. The Morgan fingerprint density at radius 2 is 2.15 bits per heavy atom. The summed E-state index contributed by atoms with van der Waals surface area (Å²) in [7, 11) is 1.69. The standard InChI is InChI=1S/C16H22N2OS/c1-12(11-20-3)9-17-10-14-8-7-13-5-4-6-15(19-2)16(13)18-14/h4-8,12,17H,9-11H2,1-3H3. The van der Waals surface area contributed by atoms with Crippen LogP contribution >= 0.6 is 11.8 Å². The first-order valence-electron chi connectivity index (χ1n) is 6.87. The van der Waals surface area contributed by atoms with E-state index in [1.807, 2.05) is 23.9 Å². The summed E-state index contributed by atoms with van der Waals surface area (Å²) in [6.45, 7) is 4.08. The van der Waals surface area contributed by atoms with Crippen molar-refractivity contribution in [1.29, 1.82) is 0 Å². The number of nitrogens with zero attached hydrogens (tertiary/aromatic N) is 1. The zero-order valence-electron chi connectivity index (χ0n) is 12.3. The predicted octanol–water partition coefficient (Wildman–Crippen LogP) is 3.33. The van der Waals surface area contributed by atoms with E-state index in [0.717, 1.165) is 35.4 Å². The summed E-state index contributed by atoms with van der Waals surface area (Å²) in [5.41, 5.74) is 1.99. The third-order valence-electron chi connectivity index (χ3n) is 3.21. The van der Waals surface area contributed by atoms with Gasteiger partial charge in [-0.15, -0.1) is 0 Å². The molecule has 1 heterocycles.